The molecule has 0 aliphatic carbocycles. The lowest BCUT2D eigenvalue weighted by molar-refractivity contribution is 0.338. The van der Waals surface area contributed by atoms with Crippen molar-refractivity contribution in [2.75, 3.05) is 18.1 Å². The van der Waals surface area contributed by atoms with Gasteiger partial charge in [0.25, 0.3) is 0 Å². The third-order valence-electron chi connectivity index (χ3n) is 2.24. The van der Waals surface area contributed by atoms with E-state index in [0.717, 1.165) is 15.8 Å². The van der Waals surface area contributed by atoms with Crippen LogP contribution in [0.15, 0.2) is 22.7 Å². The predicted molar refractivity (Wildman–Crippen MR) is 68.7 cm³/mol. The molecule has 3 nitrogen and oxygen atoms in total. The Hall–Kier alpha value is -0.550. The standard InChI is InChI=1S/C11H15BrO3S/c1-3-16(13,14)7-6-15-11-8-10(12)5-4-9(11)2/h4-5,8H,3,6-7H2,1-2H3. The first-order valence-corrected chi connectivity index (χ1v) is 7.65. The quantitative estimate of drug-likeness (QED) is 0.840. The number of halogens is 1. The minimum Gasteiger partial charge on any atom is -0.492 e. The highest BCUT2D eigenvalue weighted by Crippen LogP contribution is 2.22. The van der Waals surface area contributed by atoms with E-state index in [2.05, 4.69) is 15.9 Å². The van der Waals surface area contributed by atoms with Gasteiger partial charge in [0.2, 0.25) is 0 Å². The molecule has 0 aliphatic heterocycles. The topological polar surface area (TPSA) is 43.4 Å². The Morgan fingerprint density at radius 3 is 2.69 bits per heavy atom. The summed E-state index contributed by atoms with van der Waals surface area (Å²) in [6.45, 7) is 3.77. The summed E-state index contributed by atoms with van der Waals surface area (Å²) in [6, 6.07) is 5.69. The Morgan fingerprint density at radius 2 is 2.06 bits per heavy atom. The molecular formula is C11H15BrO3S. The van der Waals surface area contributed by atoms with Crippen LogP contribution in [0.2, 0.25) is 0 Å². The largest absolute Gasteiger partial charge is 0.492 e. The van der Waals surface area contributed by atoms with E-state index in [0.29, 0.717) is 0 Å². The fraction of sp³-hybridized carbons (Fsp3) is 0.455. The van der Waals surface area contributed by atoms with E-state index in [9.17, 15) is 8.42 Å². The van der Waals surface area contributed by atoms with Crippen molar-refractivity contribution < 1.29 is 13.2 Å². The number of hydrogen-bond donors (Lipinski definition) is 0. The third kappa shape index (κ3) is 4.14. The van der Waals surface area contributed by atoms with Crippen LogP contribution in [0.25, 0.3) is 0 Å². The highest BCUT2D eigenvalue weighted by molar-refractivity contribution is 9.10. The zero-order valence-corrected chi connectivity index (χ0v) is 11.8. The van der Waals surface area contributed by atoms with Gasteiger partial charge in [-0.15, -0.1) is 0 Å². The van der Waals surface area contributed by atoms with Crippen molar-refractivity contribution in [2.24, 2.45) is 0 Å². The number of benzene rings is 1. The van der Waals surface area contributed by atoms with Crippen LogP contribution in [0.4, 0.5) is 0 Å². The lowest BCUT2D eigenvalue weighted by atomic mass is 10.2. The summed E-state index contributed by atoms with van der Waals surface area (Å²) in [5, 5.41) is 0. The molecule has 90 valence electrons. The molecule has 16 heavy (non-hydrogen) atoms. The summed E-state index contributed by atoms with van der Waals surface area (Å²) in [5.74, 6) is 0.948. The van der Waals surface area contributed by atoms with Crippen LogP contribution in [-0.4, -0.2) is 26.5 Å². The third-order valence-corrected chi connectivity index (χ3v) is 4.40. The van der Waals surface area contributed by atoms with Crippen molar-refractivity contribution in [3.63, 3.8) is 0 Å². The Morgan fingerprint density at radius 1 is 1.38 bits per heavy atom. The molecule has 1 aromatic carbocycles. The van der Waals surface area contributed by atoms with Gasteiger partial charge in [-0.2, -0.15) is 0 Å². The number of hydrogen-bond acceptors (Lipinski definition) is 3. The maximum atomic E-state index is 11.3. The molecule has 0 fully saturated rings. The van der Waals surface area contributed by atoms with Gasteiger partial charge in [-0.05, 0) is 24.6 Å². The molecule has 0 spiro atoms. The van der Waals surface area contributed by atoms with E-state index < -0.39 is 9.84 Å². The number of rotatable bonds is 5. The fourth-order valence-corrected chi connectivity index (χ4v) is 2.12. The van der Waals surface area contributed by atoms with E-state index in [1.807, 2.05) is 25.1 Å². The number of aryl methyl sites for hydroxylation is 1. The van der Waals surface area contributed by atoms with Crippen molar-refractivity contribution >= 4 is 25.8 Å². The maximum absolute atomic E-state index is 11.3. The molecule has 0 amide bonds. The predicted octanol–water partition coefficient (Wildman–Crippen LogP) is 2.57. The van der Waals surface area contributed by atoms with Gasteiger partial charge >= 0.3 is 0 Å². The van der Waals surface area contributed by atoms with Gasteiger partial charge in [-0.3, -0.25) is 0 Å². The monoisotopic (exact) mass is 306 g/mol. The lowest BCUT2D eigenvalue weighted by Crippen LogP contribution is -2.15. The van der Waals surface area contributed by atoms with Crippen LogP contribution in [0.1, 0.15) is 12.5 Å². The van der Waals surface area contributed by atoms with Crippen molar-refractivity contribution in [1.29, 1.82) is 0 Å². The average Bonchev–Trinajstić information content (AvgIpc) is 2.23. The van der Waals surface area contributed by atoms with Gasteiger partial charge in [-0.25, -0.2) is 8.42 Å². The second-order valence-corrected chi connectivity index (χ2v) is 6.88. The van der Waals surface area contributed by atoms with E-state index in [4.69, 9.17) is 4.74 Å². The Kier molecular flexibility index (Phi) is 4.80. The molecule has 1 rings (SSSR count). The average molecular weight is 307 g/mol. The van der Waals surface area contributed by atoms with E-state index in [1.165, 1.54) is 0 Å². The first-order valence-electron chi connectivity index (χ1n) is 5.04. The number of sulfone groups is 1. The zero-order chi connectivity index (χ0) is 12.2. The summed E-state index contributed by atoms with van der Waals surface area (Å²) in [7, 11) is -2.95. The first kappa shape index (κ1) is 13.5. The normalized spacial score (nSPS) is 11.4. The molecule has 0 unspecified atom stereocenters. The van der Waals surface area contributed by atoms with Crippen LogP contribution in [0.3, 0.4) is 0 Å². The molecule has 0 saturated heterocycles. The molecule has 0 atom stereocenters. The van der Waals surface area contributed by atoms with E-state index in [1.54, 1.807) is 6.92 Å². The molecule has 1 aromatic rings. The molecule has 0 bridgehead atoms. The fourth-order valence-electron chi connectivity index (χ4n) is 1.15. The van der Waals surface area contributed by atoms with Crippen molar-refractivity contribution in [3.8, 4) is 5.75 Å². The zero-order valence-electron chi connectivity index (χ0n) is 9.36. The molecular weight excluding hydrogens is 292 g/mol. The molecule has 0 heterocycles. The summed E-state index contributed by atoms with van der Waals surface area (Å²) < 4.78 is 28.9. The van der Waals surface area contributed by atoms with Gasteiger partial charge < -0.3 is 4.74 Å². The first-order chi connectivity index (χ1) is 7.44. The molecule has 5 heteroatoms. The van der Waals surface area contributed by atoms with E-state index in [-0.39, 0.29) is 18.1 Å². The minimum absolute atomic E-state index is 0.0649. The van der Waals surface area contributed by atoms with Gasteiger partial charge in [0.15, 0.2) is 9.84 Å². The van der Waals surface area contributed by atoms with Crippen molar-refractivity contribution in [3.05, 3.63) is 28.2 Å². The summed E-state index contributed by atoms with van der Waals surface area (Å²) in [4.78, 5) is 0. The molecule has 0 saturated carbocycles. The lowest BCUT2D eigenvalue weighted by Gasteiger charge is -2.09. The molecule has 0 radical (unpaired) electrons. The smallest absolute Gasteiger partial charge is 0.153 e. The second kappa shape index (κ2) is 5.68. The Labute approximate surface area is 105 Å². The summed E-state index contributed by atoms with van der Waals surface area (Å²) in [6.07, 6.45) is 0. The van der Waals surface area contributed by atoms with E-state index >= 15 is 0 Å². The van der Waals surface area contributed by atoms with Gasteiger partial charge in [0.05, 0.1) is 5.75 Å². The van der Waals surface area contributed by atoms with Crippen LogP contribution in [0, 0.1) is 6.92 Å². The van der Waals surface area contributed by atoms with Crippen LogP contribution in [-0.2, 0) is 9.84 Å². The second-order valence-electron chi connectivity index (χ2n) is 3.49. The van der Waals surface area contributed by atoms with Crippen LogP contribution in [0.5, 0.6) is 5.75 Å². The van der Waals surface area contributed by atoms with Gasteiger partial charge in [0.1, 0.15) is 12.4 Å². The Bertz CT molecular complexity index is 454. The van der Waals surface area contributed by atoms with Crippen molar-refractivity contribution in [1.82, 2.24) is 0 Å². The minimum atomic E-state index is -2.95. The Balaban J connectivity index is 2.59. The highest BCUT2D eigenvalue weighted by Gasteiger charge is 2.08. The van der Waals surface area contributed by atoms with Crippen molar-refractivity contribution in [2.45, 2.75) is 13.8 Å². The maximum Gasteiger partial charge on any atom is 0.153 e. The molecule has 0 aliphatic rings. The van der Waals surface area contributed by atoms with Crippen LogP contribution >= 0.6 is 15.9 Å². The van der Waals surface area contributed by atoms with Gasteiger partial charge in [-0.1, -0.05) is 28.9 Å². The highest BCUT2D eigenvalue weighted by atomic mass is 79.9. The van der Waals surface area contributed by atoms with Crippen LogP contribution < -0.4 is 4.74 Å². The molecule has 0 aromatic heterocycles. The van der Waals surface area contributed by atoms with Gasteiger partial charge in [0, 0.05) is 10.2 Å². The SMILES string of the molecule is CCS(=O)(=O)CCOc1cc(Br)ccc1C. The summed E-state index contributed by atoms with van der Waals surface area (Å²) in [5.41, 5.74) is 0.997. The summed E-state index contributed by atoms with van der Waals surface area (Å²) >= 11 is 3.34. The number of ether oxygens (including phenoxy) is 1. The molecule has 0 N–H and O–H groups in total.